The molecule has 1 aliphatic heterocycles. The fourth-order valence-corrected chi connectivity index (χ4v) is 3.44. The molecule has 0 bridgehead atoms. The van der Waals surface area contributed by atoms with E-state index in [0.717, 1.165) is 5.56 Å². The first kappa shape index (κ1) is 22.1. The maximum absolute atomic E-state index is 13.5. The summed E-state index contributed by atoms with van der Waals surface area (Å²) in [7, 11) is 0. The summed E-state index contributed by atoms with van der Waals surface area (Å²) in [5.74, 6) is -1.80. The smallest absolute Gasteiger partial charge is 0.265 e. The fourth-order valence-electron chi connectivity index (χ4n) is 3.44. The predicted octanol–water partition coefficient (Wildman–Crippen LogP) is 3.82. The number of carbonyl (C=O) groups excluding carboxylic acids is 2. The molecule has 0 aliphatic carbocycles. The van der Waals surface area contributed by atoms with Gasteiger partial charge in [-0.3, -0.25) is 9.59 Å². The molecule has 2 atom stereocenters. The lowest BCUT2D eigenvalue weighted by atomic mass is 10.0. The standard InChI is InChI=1S/C25H21F2N3O3/c26-18-9-11-20(12-10-18)28-24(31)22(13-16-5-2-1-3-6-16)29-25(32)23-15-21(30-33-23)17-7-4-8-19(27)14-17/h1-12,14,22-23H,13,15H2,(H,28,31)(H,29,32)/t22-,23-/m1/s1. The fraction of sp³-hybridized carbons (Fsp3) is 0.160. The summed E-state index contributed by atoms with van der Waals surface area (Å²) in [5.41, 5.74) is 2.23. The predicted molar refractivity (Wildman–Crippen MR) is 120 cm³/mol. The molecule has 6 nitrogen and oxygen atoms in total. The van der Waals surface area contributed by atoms with Gasteiger partial charge in [-0.05, 0) is 42.0 Å². The molecule has 0 unspecified atom stereocenters. The second-order valence-electron chi connectivity index (χ2n) is 7.59. The van der Waals surface area contributed by atoms with E-state index in [4.69, 9.17) is 4.84 Å². The van der Waals surface area contributed by atoms with Gasteiger partial charge in [-0.2, -0.15) is 0 Å². The monoisotopic (exact) mass is 449 g/mol. The van der Waals surface area contributed by atoms with E-state index < -0.39 is 35.6 Å². The van der Waals surface area contributed by atoms with Gasteiger partial charge in [0.15, 0.2) is 0 Å². The summed E-state index contributed by atoms with van der Waals surface area (Å²) >= 11 is 0. The van der Waals surface area contributed by atoms with Crippen molar-refractivity contribution in [1.29, 1.82) is 0 Å². The molecule has 0 saturated heterocycles. The highest BCUT2D eigenvalue weighted by molar-refractivity contribution is 6.05. The number of hydrogen-bond donors (Lipinski definition) is 2. The minimum Gasteiger partial charge on any atom is -0.382 e. The summed E-state index contributed by atoms with van der Waals surface area (Å²) in [6.07, 6.45) is -0.559. The first-order valence-corrected chi connectivity index (χ1v) is 10.4. The van der Waals surface area contributed by atoms with E-state index in [9.17, 15) is 18.4 Å². The largest absolute Gasteiger partial charge is 0.382 e. The molecule has 0 fully saturated rings. The Hall–Kier alpha value is -4.07. The van der Waals surface area contributed by atoms with Crippen molar-refractivity contribution in [3.05, 3.63) is 102 Å². The van der Waals surface area contributed by atoms with E-state index in [-0.39, 0.29) is 12.8 Å². The summed E-state index contributed by atoms with van der Waals surface area (Å²) in [6.45, 7) is 0. The van der Waals surface area contributed by atoms with Gasteiger partial charge in [0.2, 0.25) is 12.0 Å². The molecule has 3 aromatic carbocycles. The molecule has 33 heavy (non-hydrogen) atoms. The molecular formula is C25H21F2N3O3. The highest BCUT2D eigenvalue weighted by atomic mass is 19.1. The van der Waals surface area contributed by atoms with Crippen LogP contribution in [0, 0.1) is 11.6 Å². The number of rotatable bonds is 7. The molecule has 1 aliphatic rings. The van der Waals surface area contributed by atoms with Crippen LogP contribution >= 0.6 is 0 Å². The van der Waals surface area contributed by atoms with Gasteiger partial charge in [0.25, 0.3) is 5.91 Å². The average Bonchev–Trinajstić information content (AvgIpc) is 3.31. The van der Waals surface area contributed by atoms with E-state index >= 15 is 0 Å². The number of hydrogen-bond acceptors (Lipinski definition) is 4. The Morgan fingerprint density at radius 3 is 2.45 bits per heavy atom. The zero-order valence-electron chi connectivity index (χ0n) is 17.5. The van der Waals surface area contributed by atoms with Crippen molar-refractivity contribution in [3.63, 3.8) is 0 Å². The third kappa shape index (κ3) is 5.79. The summed E-state index contributed by atoms with van der Waals surface area (Å²) < 4.78 is 26.7. The quantitative estimate of drug-likeness (QED) is 0.576. The van der Waals surface area contributed by atoms with E-state index in [1.54, 1.807) is 12.1 Å². The van der Waals surface area contributed by atoms with Gasteiger partial charge in [-0.15, -0.1) is 0 Å². The number of anilines is 1. The summed E-state index contributed by atoms with van der Waals surface area (Å²) in [5, 5.41) is 9.33. The number of halogens is 2. The number of benzene rings is 3. The lowest BCUT2D eigenvalue weighted by Crippen LogP contribution is -2.48. The molecule has 3 aromatic rings. The Balaban J connectivity index is 1.44. The van der Waals surface area contributed by atoms with Crippen molar-refractivity contribution in [3.8, 4) is 0 Å². The van der Waals surface area contributed by atoms with Crippen molar-refractivity contribution in [2.45, 2.75) is 25.0 Å². The lowest BCUT2D eigenvalue weighted by Gasteiger charge is -2.20. The normalized spacial score (nSPS) is 15.8. The minimum absolute atomic E-state index is 0.146. The third-order valence-corrected chi connectivity index (χ3v) is 5.15. The zero-order chi connectivity index (χ0) is 23.2. The van der Waals surface area contributed by atoms with Crippen LogP contribution in [-0.2, 0) is 20.8 Å². The minimum atomic E-state index is -0.944. The first-order chi connectivity index (χ1) is 16.0. The van der Waals surface area contributed by atoms with Gasteiger partial charge in [0.05, 0.1) is 5.71 Å². The second kappa shape index (κ2) is 10.0. The lowest BCUT2D eigenvalue weighted by molar-refractivity contribution is -0.134. The van der Waals surface area contributed by atoms with Gasteiger partial charge < -0.3 is 15.5 Å². The van der Waals surface area contributed by atoms with Crippen molar-refractivity contribution in [2.75, 3.05) is 5.32 Å². The summed E-state index contributed by atoms with van der Waals surface area (Å²) in [6, 6.07) is 19.5. The van der Waals surface area contributed by atoms with Crippen LogP contribution in [-0.4, -0.2) is 29.7 Å². The molecule has 0 spiro atoms. The van der Waals surface area contributed by atoms with Crippen LogP contribution in [0.15, 0.2) is 84.0 Å². The molecule has 8 heteroatoms. The molecule has 2 N–H and O–H groups in total. The Bertz CT molecular complexity index is 1170. The Morgan fingerprint density at radius 1 is 0.970 bits per heavy atom. The van der Waals surface area contributed by atoms with Crippen LogP contribution in [0.5, 0.6) is 0 Å². The Morgan fingerprint density at radius 2 is 1.73 bits per heavy atom. The molecular weight excluding hydrogens is 428 g/mol. The SMILES string of the molecule is O=C(Nc1ccc(F)cc1)[C@@H](Cc1ccccc1)NC(=O)[C@H]1CC(c2cccc(F)c2)=NO1. The van der Waals surface area contributed by atoms with Crippen LogP contribution < -0.4 is 10.6 Å². The highest BCUT2D eigenvalue weighted by Gasteiger charge is 2.32. The van der Waals surface area contributed by atoms with Gasteiger partial charge in [0.1, 0.15) is 17.7 Å². The van der Waals surface area contributed by atoms with E-state index in [1.807, 2.05) is 30.3 Å². The van der Waals surface area contributed by atoms with Gasteiger partial charge in [-0.1, -0.05) is 47.6 Å². The van der Waals surface area contributed by atoms with Gasteiger partial charge in [-0.25, -0.2) is 8.78 Å². The Labute approximate surface area is 189 Å². The van der Waals surface area contributed by atoms with Gasteiger partial charge in [0, 0.05) is 24.1 Å². The van der Waals surface area contributed by atoms with Crippen molar-refractivity contribution >= 4 is 23.2 Å². The summed E-state index contributed by atoms with van der Waals surface area (Å²) in [4.78, 5) is 31.1. The van der Waals surface area contributed by atoms with Crippen molar-refractivity contribution < 1.29 is 23.2 Å². The van der Waals surface area contributed by atoms with E-state index in [0.29, 0.717) is 17.0 Å². The molecule has 0 radical (unpaired) electrons. The van der Waals surface area contributed by atoms with E-state index in [2.05, 4.69) is 15.8 Å². The topological polar surface area (TPSA) is 79.8 Å². The van der Waals surface area contributed by atoms with Crippen LogP contribution in [0.4, 0.5) is 14.5 Å². The molecule has 2 amide bonds. The number of oxime groups is 1. The van der Waals surface area contributed by atoms with Crippen molar-refractivity contribution in [1.82, 2.24) is 5.32 Å². The molecule has 4 rings (SSSR count). The number of amides is 2. The van der Waals surface area contributed by atoms with E-state index in [1.165, 1.54) is 36.4 Å². The van der Waals surface area contributed by atoms with Crippen LogP contribution in [0.3, 0.4) is 0 Å². The van der Waals surface area contributed by atoms with Crippen LogP contribution in [0.2, 0.25) is 0 Å². The third-order valence-electron chi connectivity index (χ3n) is 5.15. The highest BCUT2D eigenvalue weighted by Crippen LogP contribution is 2.18. The number of nitrogens with zero attached hydrogens (tertiary/aromatic N) is 1. The molecule has 0 saturated carbocycles. The molecule has 168 valence electrons. The second-order valence-corrected chi connectivity index (χ2v) is 7.59. The number of nitrogens with one attached hydrogen (secondary N) is 2. The molecule has 0 aromatic heterocycles. The first-order valence-electron chi connectivity index (χ1n) is 10.4. The van der Waals surface area contributed by atoms with Crippen LogP contribution in [0.25, 0.3) is 0 Å². The zero-order valence-corrected chi connectivity index (χ0v) is 17.5. The average molecular weight is 449 g/mol. The van der Waals surface area contributed by atoms with Crippen LogP contribution in [0.1, 0.15) is 17.5 Å². The number of carbonyl (C=O) groups is 2. The maximum Gasteiger partial charge on any atom is 0.265 e. The molecule has 1 heterocycles. The maximum atomic E-state index is 13.5. The Kier molecular flexibility index (Phi) is 6.73. The van der Waals surface area contributed by atoms with Gasteiger partial charge >= 0.3 is 0 Å². The van der Waals surface area contributed by atoms with Crippen molar-refractivity contribution in [2.24, 2.45) is 5.16 Å².